The van der Waals surface area contributed by atoms with Crippen molar-refractivity contribution < 1.29 is 4.74 Å². The van der Waals surface area contributed by atoms with Crippen LogP contribution in [0.1, 0.15) is 11.1 Å². The third-order valence-electron chi connectivity index (χ3n) is 2.42. The maximum atomic E-state index is 6.09. The molecule has 0 saturated carbocycles. The Morgan fingerprint density at radius 2 is 2.17 bits per heavy atom. The summed E-state index contributed by atoms with van der Waals surface area (Å²) in [4.78, 5) is 4.24. The Labute approximate surface area is 119 Å². The van der Waals surface area contributed by atoms with Crippen molar-refractivity contribution in [2.45, 2.75) is 13.5 Å². The number of ether oxygens (including phenoxy) is 1. The minimum absolute atomic E-state index is 0.465. The Bertz CT molecular complexity index is 575. The number of hydrogen-bond acceptors (Lipinski definition) is 3. The summed E-state index contributed by atoms with van der Waals surface area (Å²) in [6.07, 6.45) is 1.70. The van der Waals surface area contributed by atoms with Crippen LogP contribution in [0.25, 0.3) is 0 Å². The standard InChI is InChI=1S/C13H12BrClN2O/c1-8-4-9(6-16)7-17-13(8)18-12-3-2-10(14)5-11(12)15/h2-5,7H,6,16H2,1H3. The summed E-state index contributed by atoms with van der Waals surface area (Å²) >= 11 is 9.43. The minimum atomic E-state index is 0.465. The molecule has 2 rings (SSSR count). The van der Waals surface area contributed by atoms with Gasteiger partial charge in [0.25, 0.3) is 0 Å². The first-order valence-corrected chi connectivity index (χ1v) is 6.55. The average Bonchev–Trinajstić information content (AvgIpc) is 2.34. The fraction of sp³-hybridized carbons (Fsp3) is 0.154. The quantitative estimate of drug-likeness (QED) is 0.925. The third kappa shape index (κ3) is 3.02. The van der Waals surface area contributed by atoms with E-state index in [2.05, 4.69) is 20.9 Å². The molecule has 0 aliphatic heterocycles. The van der Waals surface area contributed by atoms with Crippen LogP contribution < -0.4 is 10.5 Å². The van der Waals surface area contributed by atoms with Gasteiger partial charge in [-0.1, -0.05) is 27.5 Å². The maximum Gasteiger partial charge on any atom is 0.222 e. The molecule has 0 aliphatic rings. The highest BCUT2D eigenvalue weighted by Gasteiger charge is 2.07. The zero-order valence-electron chi connectivity index (χ0n) is 9.78. The topological polar surface area (TPSA) is 48.1 Å². The molecule has 0 bridgehead atoms. The van der Waals surface area contributed by atoms with E-state index in [1.807, 2.05) is 19.1 Å². The molecule has 1 aromatic heterocycles. The fourth-order valence-electron chi connectivity index (χ4n) is 1.50. The molecule has 1 aromatic carbocycles. The molecule has 0 saturated heterocycles. The highest BCUT2D eigenvalue weighted by atomic mass is 79.9. The van der Waals surface area contributed by atoms with Crippen molar-refractivity contribution in [2.24, 2.45) is 5.73 Å². The first kappa shape index (κ1) is 13.3. The summed E-state index contributed by atoms with van der Waals surface area (Å²) in [6.45, 7) is 2.39. The van der Waals surface area contributed by atoms with Crippen molar-refractivity contribution in [1.82, 2.24) is 4.98 Å². The normalized spacial score (nSPS) is 10.4. The zero-order chi connectivity index (χ0) is 13.1. The van der Waals surface area contributed by atoms with Gasteiger partial charge in [0.2, 0.25) is 5.88 Å². The number of nitrogens with two attached hydrogens (primary N) is 1. The van der Waals surface area contributed by atoms with Gasteiger partial charge in [-0.25, -0.2) is 4.98 Å². The molecule has 0 radical (unpaired) electrons. The largest absolute Gasteiger partial charge is 0.437 e. The van der Waals surface area contributed by atoms with Crippen LogP contribution in [0.2, 0.25) is 5.02 Å². The van der Waals surface area contributed by atoms with Crippen molar-refractivity contribution in [3.05, 3.63) is 51.1 Å². The van der Waals surface area contributed by atoms with Crippen molar-refractivity contribution in [3.63, 3.8) is 0 Å². The molecule has 94 valence electrons. The molecule has 3 nitrogen and oxygen atoms in total. The lowest BCUT2D eigenvalue weighted by Gasteiger charge is -2.10. The second-order valence-electron chi connectivity index (χ2n) is 3.85. The average molecular weight is 328 g/mol. The van der Waals surface area contributed by atoms with E-state index in [-0.39, 0.29) is 0 Å². The van der Waals surface area contributed by atoms with E-state index >= 15 is 0 Å². The van der Waals surface area contributed by atoms with Crippen LogP contribution in [0.3, 0.4) is 0 Å². The SMILES string of the molecule is Cc1cc(CN)cnc1Oc1ccc(Br)cc1Cl. The molecule has 0 aliphatic carbocycles. The molecule has 0 atom stereocenters. The number of aryl methyl sites for hydroxylation is 1. The van der Waals surface area contributed by atoms with Crippen LogP contribution in [-0.2, 0) is 6.54 Å². The third-order valence-corrected chi connectivity index (χ3v) is 3.21. The van der Waals surface area contributed by atoms with E-state index < -0.39 is 0 Å². The van der Waals surface area contributed by atoms with Gasteiger partial charge < -0.3 is 10.5 Å². The summed E-state index contributed by atoms with van der Waals surface area (Å²) < 4.78 is 6.60. The summed E-state index contributed by atoms with van der Waals surface area (Å²) in [6, 6.07) is 7.39. The Balaban J connectivity index is 2.28. The van der Waals surface area contributed by atoms with Crippen molar-refractivity contribution in [2.75, 3.05) is 0 Å². The van der Waals surface area contributed by atoms with Gasteiger partial charge in [-0.15, -0.1) is 0 Å². The van der Waals surface area contributed by atoms with Gasteiger partial charge in [-0.2, -0.15) is 0 Å². The van der Waals surface area contributed by atoms with Gasteiger partial charge in [0.15, 0.2) is 0 Å². The number of rotatable bonds is 3. The lowest BCUT2D eigenvalue weighted by atomic mass is 10.2. The van der Waals surface area contributed by atoms with Crippen molar-refractivity contribution >= 4 is 27.5 Å². The zero-order valence-corrected chi connectivity index (χ0v) is 12.1. The molecule has 1 heterocycles. The van der Waals surface area contributed by atoms with Crippen LogP contribution in [0, 0.1) is 6.92 Å². The Morgan fingerprint density at radius 1 is 1.39 bits per heavy atom. The Hall–Kier alpha value is -1.10. The number of pyridine rings is 1. The van der Waals surface area contributed by atoms with Crippen LogP contribution in [-0.4, -0.2) is 4.98 Å². The second-order valence-corrected chi connectivity index (χ2v) is 5.17. The van der Waals surface area contributed by atoms with Gasteiger partial charge in [-0.05, 0) is 36.8 Å². The molecule has 0 amide bonds. The van der Waals surface area contributed by atoms with Gasteiger partial charge in [-0.3, -0.25) is 0 Å². The maximum absolute atomic E-state index is 6.09. The summed E-state index contributed by atoms with van der Waals surface area (Å²) in [7, 11) is 0. The van der Waals surface area contributed by atoms with Crippen molar-refractivity contribution in [1.29, 1.82) is 0 Å². The van der Waals surface area contributed by atoms with Gasteiger partial charge in [0, 0.05) is 22.8 Å². The van der Waals surface area contributed by atoms with Crippen LogP contribution in [0.4, 0.5) is 0 Å². The number of benzene rings is 1. The second kappa shape index (κ2) is 5.69. The van der Waals surface area contributed by atoms with E-state index in [1.165, 1.54) is 0 Å². The summed E-state index contributed by atoms with van der Waals surface area (Å²) in [5, 5.41) is 0.536. The monoisotopic (exact) mass is 326 g/mol. The first-order valence-electron chi connectivity index (χ1n) is 5.38. The van der Waals surface area contributed by atoms with Gasteiger partial charge in [0.1, 0.15) is 5.75 Å². The first-order chi connectivity index (χ1) is 8.60. The summed E-state index contributed by atoms with van der Waals surface area (Å²) in [5.74, 6) is 1.12. The van der Waals surface area contributed by atoms with Crippen LogP contribution in [0.15, 0.2) is 34.9 Å². The molecule has 2 aromatic rings. The number of nitrogens with zero attached hydrogens (tertiary/aromatic N) is 1. The van der Waals surface area contributed by atoms with E-state index in [0.29, 0.717) is 23.2 Å². The van der Waals surface area contributed by atoms with Gasteiger partial charge >= 0.3 is 0 Å². The molecule has 5 heteroatoms. The minimum Gasteiger partial charge on any atom is -0.437 e. The predicted octanol–water partition coefficient (Wildman–Crippen LogP) is 4.06. The highest BCUT2D eigenvalue weighted by Crippen LogP contribution is 2.32. The predicted molar refractivity (Wildman–Crippen MR) is 76.1 cm³/mol. The summed E-state index contributed by atoms with van der Waals surface area (Å²) in [5.41, 5.74) is 7.46. The molecular formula is C13H12BrClN2O. The van der Waals surface area contributed by atoms with E-state index in [4.69, 9.17) is 22.1 Å². The molecular weight excluding hydrogens is 316 g/mol. The lowest BCUT2D eigenvalue weighted by Crippen LogP contribution is -1.99. The fourth-order valence-corrected chi connectivity index (χ4v) is 2.21. The molecule has 18 heavy (non-hydrogen) atoms. The number of aromatic nitrogens is 1. The Morgan fingerprint density at radius 3 is 2.78 bits per heavy atom. The van der Waals surface area contributed by atoms with E-state index in [9.17, 15) is 0 Å². The molecule has 0 fully saturated rings. The molecule has 2 N–H and O–H groups in total. The number of halogens is 2. The van der Waals surface area contributed by atoms with Gasteiger partial charge in [0.05, 0.1) is 5.02 Å². The van der Waals surface area contributed by atoms with Crippen molar-refractivity contribution in [3.8, 4) is 11.6 Å². The Kier molecular flexibility index (Phi) is 4.22. The highest BCUT2D eigenvalue weighted by molar-refractivity contribution is 9.10. The smallest absolute Gasteiger partial charge is 0.222 e. The van der Waals surface area contributed by atoms with E-state index in [1.54, 1.807) is 18.3 Å². The van der Waals surface area contributed by atoms with Crippen LogP contribution >= 0.6 is 27.5 Å². The van der Waals surface area contributed by atoms with E-state index in [0.717, 1.165) is 15.6 Å². The molecule has 0 spiro atoms. The lowest BCUT2D eigenvalue weighted by molar-refractivity contribution is 0.458. The number of hydrogen-bond donors (Lipinski definition) is 1. The molecule has 0 unspecified atom stereocenters. The van der Waals surface area contributed by atoms with Crippen LogP contribution in [0.5, 0.6) is 11.6 Å².